The lowest BCUT2D eigenvalue weighted by Gasteiger charge is -2.12. The zero-order valence-corrected chi connectivity index (χ0v) is 20.1. The maximum absolute atomic E-state index is 13.2. The SMILES string of the molecule is O=C(C=Cc1ccccc1)NCc1nnc(SCc2ccc(F)cc2)n1-c1cc(Cl)ccc1Cl. The molecule has 4 aromatic rings. The number of carbonyl (C=O) groups excluding carboxylic acids is 1. The molecule has 9 heteroatoms. The Balaban J connectivity index is 1.55. The van der Waals surface area contributed by atoms with E-state index in [1.807, 2.05) is 30.3 Å². The molecule has 5 nitrogen and oxygen atoms in total. The van der Waals surface area contributed by atoms with Crippen molar-refractivity contribution in [3.63, 3.8) is 0 Å². The number of amides is 1. The average Bonchev–Trinajstić information content (AvgIpc) is 3.25. The Bertz CT molecular complexity index is 1310. The number of nitrogens with one attached hydrogen (secondary N) is 1. The predicted molar refractivity (Wildman–Crippen MR) is 135 cm³/mol. The third-order valence-corrected chi connectivity index (χ3v) is 6.33. The normalized spacial score (nSPS) is 11.1. The third kappa shape index (κ3) is 6.26. The van der Waals surface area contributed by atoms with Crippen LogP contribution in [0.2, 0.25) is 10.0 Å². The smallest absolute Gasteiger partial charge is 0.244 e. The lowest BCUT2D eigenvalue weighted by molar-refractivity contribution is -0.116. The zero-order valence-electron chi connectivity index (χ0n) is 17.8. The molecule has 0 saturated carbocycles. The van der Waals surface area contributed by atoms with Crippen LogP contribution in [0, 0.1) is 5.82 Å². The van der Waals surface area contributed by atoms with Gasteiger partial charge in [0.2, 0.25) is 5.91 Å². The molecule has 4 rings (SSSR count). The maximum atomic E-state index is 13.2. The van der Waals surface area contributed by atoms with Crippen LogP contribution in [0.4, 0.5) is 4.39 Å². The van der Waals surface area contributed by atoms with Gasteiger partial charge in [-0.2, -0.15) is 0 Å². The molecule has 0 spiro atoms. The van der Waals surface area contributed by atoms with E-state index < -0.39 is 0 Å². The molecule has 0 fully saturated rings. The van der Waals surface area contributed by atoms with E-state index in [1.54, 1.807) is 41.0 Å². The Morgan fingerprint density at radius 1 is 1.03 bits per heavy atom. The molecule has 0 saturated heterocycles. The third-order valence-electron chi connectivity index (χ3n) is 4.78. The van der Waals surface area contributed by atoms with Crippen molar-refractivity contribution in [2.75, 3.05) is 0 Å². The minimum atomic E-state index is -0.290. The summed E-state index contributed by atoms with van der Waals surface area (Å²) in [7, 11) is 0. The first-order valence-electron chi connectivity index (χ1n) is 10.3. The van der Waals surface area contributed by atoms with E-state index in [0.29, 0.717) is 32.5 Å². The van der Waals surface area contributed by atoms with Crippen molar-refractivity contribution in [3.05, 3.63) is 112 Å². The summed E-state index contributed by atoms with van der Waals surface area (Å²) in [6.07, 6.45) is 3.20. The summed E-state index contributed by atoms with van der Waals surface area (Å²) in [5, 5.41) is 12.9. The number of nitrogens with zero attached hydrogens (tertiary/aromatic N) is 3. The first-order chi connectivity index (χ1) is 16.5. The van der Waals surface area contributed by atoms with E-state index in [9.17, 15) is 9.18 Å². The molecule has 3 aromatic carbocycles. The van der Waals surface area contributed by atoms with Crippen molar-refractivity contribution in [1.29, 1.82) is 0 Å². The van der Waals surface area contributed by atoms with Gasteiger partial charge in [-0.05, 0) is 47.5 Å². The molecule has 0 radical (unpaired) electrons. The van der Waals surface area contributed by atoms with Crippen LogP contribution in [0.1, 0.15) is 17.0 Å². The quantitative estimate of drug-likeness (QED) is 0.221. The fourth-order valence-electron chi connectivity index (χ4n) is 3.10. The molecular formula is C25H19Cl2FN4OS. The van der Waals surface area contributed by atoms with E-state index >= 15 is 0 Å². The number of thioether (sulfide) groups is 1. The van der Waals surface area contributed by atoms with Crippen LogP contribution in [-0.4, -0.2) is 20.7 Å². The van der Waals surface area contributed by atoms with Crippen molar-refractivity contribution in [3.8, 4) is 5.69 Å². The molecule has 0 aliphatic rings. The molecule has 1 aromatic heterocycles. The Morgan fingerprint density at radius 3 is 2.56 bits per heavy atom. The van der Waals surface area contributed by atoms with E-state index in [-0.39, 0.29) is 18.3 Å². The first kappa shape index (κ1) is 24.0. The average molecular weight is 513 g/mol. The highest BCUT2D eigenvalue weighted by molar-refractivity contribution is 7.98. The van der Waals surface area contributed by atoms with Gasteiger partial charge in [0, 0.05) is 16.9 Å². The number of carbonyl (C=O) groups is 1. The number of hydrogen-bond donors (Lipinski definition) is 1. The summed E-state index contributed by atoms with van der Waals surface area (Å²) in [6.45, 7) is 0.130. The van der Waals surface area contributed by atoms with Crippen LogP contribution in [-0.2, 0) is 17.1 Å². The molecule has 172 valence electrons. The van der Waals surface area contributed by atoms with Gasteiger partial charge in [0.1, 0.15) is 5.82 Å². The van der Waals surface area contributed by atoms with Gasteiger partial charge in [-0.25, -0.2) is 4.39 Å². The van der Waals surface area contributed by atoms with Gasteiger partial charge < -0.3 is 5.32 Å². The van der Waals surface area contributed by atoms with Crippen molar-refractivity contribution in [2.24, 2.45) is 0 Å². The summed E-state index contributed by atoms with van der Waals surface area (Å²) in [5.74, 6) is 0.480. The lowest BCUT2D eigenvalue weighted by atomic mass is 10.2. The van der Waals surface area contributed by atoms with Gasteiger partial charge in [0.25, 0.3) is 0 Å². The Hall–Kier alpha value is -3.13. The van der Waals surface area contributed by atoms with Crippen molar-refractivity contribution in [2.45, 2.75) is 17.5 Å². The summed E-state index contributed by atoms with van der Waals surface area (Å²) in [4.78, 5) is 12.4. The number of aromatic nitrogens is 3. The monoisotopic (exact) mass is 512 g/mol. The summed E-state index contributed by atoms with van der Waals surface area (Å²) in [6, 6.07) is 20.9. The highest BCUT2D eigenvalue weighted by Crippen LogP contribution is 2.31. The lowest BCUT2D eigenvalue weighted by Crippen LogP contribution is -2.22. The van der Waals surface area contributed by atoms with Crippen LogP contribution >= 0.6 is 35.0 Å². The summed E-state index contributed by atoms with van der Waals surface area (Å²) >= 11 is 14.1. The second kappa shape index (κ2) is 11.3. The molecule has 0 atom stereocenters. The minimum absolute atomic E-state index is 0.130. The maximum Gasteiger partial charge on any atom is 0.244 e. The summed E-state index contributed by atoms with van der Waals surface area (Å²) < 4.78 is 15.0. The Morgan fingerprint density at radius 2 is 1.79 bits per heavy atom. The van der Waals surface area contributed by atoms with Crippen LogP contribution in [0.5, 0.6) is 0 Å². The zero-order chi connectivity index (χ0) is 23.9. The highest BCUT2D eigenvalue weighted by atomic mass is 35.5. The van der Waals surface area contributed by atoms with Gasteiger partial charge in [0.15, 0.2) is 11.0 Å². The second-order valence-electron chi connectivity index (χ2n) is 7.21. The van der Waals surface area contributed by atoms with Gasteiger partial charge in [0.05, 0.1) is 17.3 Å². The number of benzene rings is 3. The second-order valence-corrected chi connectivity index (χ2v) is 8.99. The van der Waals surface area contributed by atoms with Gasteiger partial charge >= 0.3 is 0 Å². The van der Waals surface area contributed by atoms with Gasteiger partial charge in [-0.15, -0.1) is 10.2 Å². The minimum Gasteiger partial charge on any atom is -0.345 e. The Kier molecular flexibility index (Phi) is 8.00. The highest BCUT2D eigenvalue weighted by Gasteiger charge is 2.18. The van der Waals surface area contributed by atoms with Crippen molar-refractivity contribution < 1.29 is 9.18 Å². The fourth-order valence-corrected chi connectivity index (χ4v) is 4.39. The largest absolute Gasteiger partial charge is 0.345 e. The number of hydrogen-bond acceptors (Lipinski definition) is 4. The first-order valence-corrected chi connectivity index (χ1v) is 12.0. The Labute approximate surface area is 210 Å². The molecular weight excluding hydrogens is 494 g/mol. The molecule has 1 amide bonds. The van der Waals surface area contributed by atoms with Crippen molar-refractivity contribution >= 4 is 46.9 Å². The van der Waals surface area contributed by atoms with Gasteiger partial charge in [-0.3, -0.25) is 9.36 Å². The molecule has 1 N–H and O–H groups in total. The fraction of sp³-hybridized carbons (Fsp3) is 0.0800. The van der Waals surface area contributed by atoms with E-state index in [0.717, 1.165) is 11.1 Å². The van der Waals surface area contributed by atoms with E-state index in [1.165, 1.54) is 30.0 Å². The standard InChI is InChI=1S/C25H19Cl2FN4OS/c26-19-9-12-21(27)22(14-19)32-23(15-29-24(33)13-8-17-4-2-1-3-5-17)30-31-25(32)34-16-18-6-10-20(28)11-7-18/h1-14H,15-16H2,(H,29,33). The van der Waals surface area contributed by atoms with Gasteiger partial charge in [-0.1, -0.05) is 77.4 Å². The molecule has 0 aliphatic carbocycles. The van der Waals surface area contributed by atoms with Crippen LogP contribution < -0.4 is 5.32 Å². The topological polar surface area (TPSA) is 59.8 Å². The molecule has 34 heavy (non-hydrogen) atoms. The summed E-state index contributed by atoms with van der Waals surface area (Å²) in [5.41, 5.74) is 2.45. The van der Waals surface area contributed by atoms with E-state index in [2.05, 4.69) is 15.5 Å². The molecule has 0 aliphatic heterocycles. The molecule has 1 heterocycles. The van der Waals surface area contributed by atoms with Crippen LogP contribution in [0.15, 0.2) is 84.0 Å². The molecule has 0 bridgehead atoms. The van der Waals surface area contributed by atoms with Crippen molar-refractivity contribution in [1.82, 2.24) is 20.1 Å². The van der Waals surface area contributed by atoms with Crippen LogP contribution in [0.3, 0.4) is 0 Å². The predicted octanol–water partition coefficient (Wildman–Crippen LogP) is 6.34. The van der Waals surface area contributed by atoms with Crippen LogP contribution in [0.25, 0.3) is 11.8 Å². The number of rotatable bonds is 8. The number of halogens is 3. The molecule has 0 unspecified atom stereocenters. The van der Waals surface area contributed by atoms with E-state index in [4.69, 9.17) is 23.2 Å².